The first-order valence-corrected chi connectivity index (χ1v) is 2.54. The molecule has 0 saturated carbocycles. The molecular formula is C7H2N3. The molecule has 0 amide bonds. The molecule has 0 N–H and O–H groups in total. The van der Waals surface area contributed by atoms with E-state index in [1.807, 2.05) is 12.1 Å². The van der Waals surface area contributed by atoms with Crippen LogP contribution in [0.25, 0.3) is 0 Å². The van der Waals surface area contributed by atoms with Crippen LogP contribution in [0, 0.1) is 28.7 Å². The maximum Gasteiger partial charge on any atom is 0.101 e. The third-order valence-electron chi connectivity index (χ3n) is 0.918. The van der Waals surface area contributed by atoms with E-state index < -0.39 is 0 Å². The molecule has 45 valence electrons. The van der Waals surface area contributed by atoms with Crippen LogP contribution >= 0.6 is 0 Å². The van der Waals surface area contributed by atoms with Gasteiger partial charge in [-0.15, -0.1) is 0 Å². The Hall–Kier alpha value is -1.87. The number of nitrogens with zero attached hydrogens (tertiary/aromatic N) is 3. The molecule has 3 heteroatoms. The molecule has 0 fully saturated rings. The summed E-state index contributed by atoms with van der Waals surface area (Å²) in [5.74, 6) is 0. The number of pyridine rings is 1. The molecule has 1 radical (unpaired) electrons. The minimum absolute atomic E-state index is 0.291. The maximum atomic E-state index is 8.33. The smallest absolute Gasteiger partial charge is 0.101 e. The van der Waals surface area contributed by atoms with E-state index >= 15 is 0 Å². The molecular weight excluding hydrogens is 126 g/mol. The molecule has 1 aromatic heterocycles. The van der Waals surface area contributed by atoms with Crippen LogP contribution in [0.2, 0.25) is 0 Å². The van der Waals surface area contributed by atoms with Crippen molar-refractivity contribution in [1.29, 1.82) is 10.5 Å². The van der Waals surface area contributed by atoms with Gasteiger partial charge in [0.1, 0.15) is 12.1 Å². The molecule has 1 aromatic rings. The predicted molar refractivity (Wildman–Crippen MR) is 32.5 cm³/mol. The van der Waals surface area contributed by atoms with Crippen molar-refractivity contribution in [3.63, 3.8) is 0 Å². The Morgan fingerprint density at radius 2 is 1.70 bits per heavy atom. The van der Waals surface area contributed by atoms with Crippen molar-refractivity contribution in [1.82, 2.24) is 4.98 Å². The SMILES string of the molecule is N#Cc1[c]c(C#N)cnc1. The fourth-order valence-electron chi connectivity index (χ4n) is 0.510. The van der Waals surface area contributed by atoms with Gasteiger partial charge in [-0.1, -0.05) is 0 Å². The summed E-state index contributed by atoms with van der Waals surface area (Å²) in [6.07, 6.45) is 2.72. The number of rotatable bonds is 0. The second kappa shape index (κ2) is 2.61. The summed E-state index contributed by atoms with van der Waals surface area (Å²) in [6, 6.07) is 6.22. The average Bonchev–Trinajstić information content (AvgIpc) is 2.05. The van der Waals surface area contributed by atoms with Gasteiger partial charge in [0, 0.05) is 18.5 Å². The lowest BCUT2D eigenvalue weighted by Gasteiger charge is -1.84. The van der Waals surface area contributed by atoms with Crippen LogP contribution in [-0.2, 0) is 0 Å². The molecule has 0 saturated heterocycles. The molecule has 0 aliphatic heterocycles. The Kier molecular flexibility index (Phi) is 1.63. The van der Waals surface area contributed by atoms with Crippen molar-refractivity contribution < 1.29 is 0 Å². The maximum absolute atomic E-state index is 8.33. The molecule has 0 bridgehead atoms. The lowest BCUT2D eigenvalue weighted by molar-refractivity contribution is 1.27. The second-order valence-electron chi connectivity index (χ2n) is 1.58. The lowest BCUT2D eigenvalue weighted by atomic mass is 10.2. The Morgan fingerprint density at radius 1 is 1.20 bits per heavy atom. The molecule has 0 atom stereocenters. The topological polar surface area (TPSA) is 60.5 Å². The lowest BCUT2D eigenvalue weighted by Crippen LogP contribution is -1.81. The van der Waals surface area contributed by atoms with Gasteiger partial charge in [0.25, 0.3) is 0 Å². The van der Waals surface area contributed by atoms with E-state index in [9.17, 15) is 0 Å². The van der Waals surface area contributed by atoms with Gasteiger partial charge in [0.2, 0.25) is 0 Å². The number of aromatic nitrogens is 1. The monoisotopic (exact) mass is 128 g/mol. The van der Waals surface area contributed by atoms with Crippen molar-refractivity contribution in [2.24, 2.45) is 0 Å². The minimum Gasteiger partial charge on any atom is -0.262 e. The van der Waals surface area contributed by atoms with Crippen LogP contribution in [0.5, 0.6) is 0 Å². The van der Waals surface area contributed by atoms with Gasteiger partial charge in [-0.05, 0) is 0 Å². The van der Waals surface area contributed by atoms with Crippen LogP contribution in [0.4, 0.5) is 0 Å². The molecule has 3 nitrogen and oxygen atoms in total. The van der Waals surface area contributed by atoms with Gasteiger partial charge in [0.05, 0.1) is 11.1 Å². The first kappa shape index (κ1) is 6.25. The number of hydrogen-bond donors (Lipinski definition) is 0. The van der Waals surface area contributed by atoms with E-state index in [1.165, 1.54) is 12.4 Å². The van der Waals surface area contributed by atoms with Crippen molar-refractivity contribution >= 4 is 0 Å². The first-order chi connectivity index (χ1) is 4.86. The van der Waals surface area contributed by atoms with Crippen LogP contribution in [0.3, 0.4) is 0 Å². The van der Waals surface area contributed by atoms with E-state index in [2.05, 4.69) is 11.1 Å². The summed E-state index contributed by atoms with van der Waals surface area (Å²) < 4.78 is 0. The predicted octanol–water partition coefficient (Wildman–Crippen LogP) is 0.625. The summed E-state index contributed by atoms with van der Waals surface area (Å²) in [5, 5.41) is 16.7. The molecule has 1 heterocycles. The van der Waals surface area contributed by atoms with Crippen LogP contribution in [0.15, 0.2) is 12.4 Å². The second-order valence-corrected chi connectivity index (χ2v) is 1.58. The van der Waals surface area contributed by atoms with Crippen LogP contribution in [0.1, 0.15) is 11.1 Å². The van der Waals surface area contributed by atoms with E-state index in [1.54, 1.807) is 0 Å². The van der Waals surface area contributed by atoms with E-state index in [0.717, 1.165) is 0 Å². The molecule has 1 rings (SSSR count). The highest BCUT2D eigenvalue weighted by molar-refractivity contribution is 5.33. The number of hydrogen-bond acceptors (Lipinski definition) is 3. The van der Waals surface area contributed by atoms with Gasteiger partial charge in [-0.3, -0.25) is 4.98 Å². The zero-order chi connectivity index (χ0) is 7.40. The van der Waals surface area contributed by atoms with E-state index in [4.69, 9.17) is 10.5 Å². The van der Waals surface area contributed by atoms with Gasteiger partial charge < -0.3 is 0 Å². The molecule has 0 unspecified atom stereocenters. The van der Waals surface area contributed by atoms with Crippen molar-refractivity contribution in [3.05, 3.63) is 29.6 Å². The minimum atomic E-state index is 0.291. The van der Waals surface area contributed by atoms with Gasteiger partial charge in [-0.2, -0.15) is 10.5 Å². The van der Waals surface area contributed by atoms with Gasteiger partial charge >= 0.3 is 0 Å². The van der Waals surface area contributed by atoms with Crippen LogP contribution in [-0.4, -0.2) is 4.98 Å². The fraction of sp³-hybridized carbons (Fsp3) is 0. The standard InChI is InChI=1S/C7H2N3/c8-2-6-1-7(3-9)5-10-4-6/h4-5H. The summed E-state index contributed by atoms with van der Waals surface area (Å²) in [7, 11) is 0. The fourth-order valence-corrected chi connectivity index (χ4v) is 0.510. The summed E-state index contributed by atoms with van der Waals surface area (Å²) in [4.78, 5) is 3.65. The van der Waals surface area contributed by atoms with Crippen LogP contribution < -0.4 is 0 Å². The molecule has 10 heavy (non-hydrogen) atoms. The third-order valence-corrected chi connectivity index (χ3v) is 0.918. The summed E-state index contributed by atoms with van der Waals surface area (Å²) in [6.45, 7) is 0. The zero-order valence-corrected chi connectivity index (χ0v) is 5.00. The molecule has 0 aliphatic carbocycles. The molecule has 0 spiro atoms. The van der Waals surface area contributed by atoms with Gasteiger partial charge in [-0.25, -0.2) is 0 Å². The quantitative estimate of drug-likeness (QED) is 0.514. The Labute approximate surface area is 58.2 Å². The van der Waals surface area contributed by atoms with Crippen molar-refractivity contribution in [2.45, 2.75) is 0 Å². The Bertz CT molecular complexity index is 287. The Balaban J connectivity index is 3.17. The molecule has 0 aliphatic rings. The highest BCUT2D eigenvalue weighted by Crippen LogP contribution is 1.96. The normalized spacial score (nSPS) is 7.80. The first-order valence-electron chi connectivity index (χ1n) is 2.54. The molecule has 0 aromatic carbocycles. The summed E-state index contributed by atoms with van der Waals surface area (Å²) in [5.41, 5.74) is 0.582. The van der Waals surface area contributed by atoms with Crippen molar-refractivity contribution in [2.75, 3.05) is 0 Å². The highest BCUT2D eigenvalue weighted by Gasteiger charge is 1.92. The average molecular weight is 128 g/mol. The largest absolute Gasteiger partial charge is 0.262 e. The zero-order valence-electron chi connectivity index (χ0n) is 5.00. The summed E-state index contributed by atoms with van der Waals surface area (Å²) >= 11 is 0. The third kappa shape index (κ3) is 1.10. The Morgan fingerprint density at radius 3 is 2.10 bits per heavy atom. The van der Waals surface area contributed by atoms with Crippen molar-refractivity contribution in [3.8, 4) is 12.1 Å². The highest BCUT2D eigenvalue weighted by atomic mass is 14.6. The van der Waals surface area contributed by atoms with E-state index in [-0.39, 0.29) is 0 Å². The van der Waals surface area contributed by atoms with Gasteiger partial charge in [0.15, 0.2) is 0 Å². The number of nitriles is 2. The van der Waals surface area contributed by atoms with E-state index in [0.29, 0.717) is 11.1 Å².